The van der Waals surface area contributed by atoms with E-state index in [0.717, 1.165) is 54.6 Å². The summed E-state index contributed by atoms with van der Waals surface area (Å²) in [5.74, 6) is 0. The van der Waals surface area contributed by atoms with E-state index in [-0.39, 0.29) is 0 Å². The number of aryl methyl sites for hydroxylation is 2. The minimum Gasteiger partial charge on any atom is -0.493 e. The molecule has 0 N–H and O–H groups in total. The lowest BCUT2D eigenvalue weighted by molar-refractivity contribution is -0.345. The fraction of sp³-hybridized carbons (Fsp3) is 0.515. The van der Waals surface area contributed by atoms with Crippen LogP contribution in [0, 0.1) is 0 Å². The van der Waals surface area contributed by atoms with Crippen LogP contribution >= 0.6 is 0 Å². The van der Waals surface area contributed by atoms with Crippen molar-refractivity contribution in [1.29, 1.82) is 0 Å². The fourth-order valence-electron chi connectivity index (χ4n) is 5.27. The van der Waals surface area contributed by atoms with Gasteiger partial charge in [0.25, 0.3) is 0 Å². The summed E-state index contributed by atoms with van der Waals surface area (Å²) in [6, 6.07) is 17.7. The standard InChI is InChI=1S/C33H46N2/c1-5-8-11-13-17-27-19-15-21-29(24-27)32-26(4)31(23-10-7-3)33(35(32)34)30-22-16-20-28(25-30)18-14-12-9-6-2/h15-16,19-22,24-25H,5-14,17-18,23H2,1-4H3. The van der Waals surface area contributed by atoms with Gasteiger partial charge in [0, 0.05) is 22.3 Å². The molecule has 1 aliphatic heterocycles. The molecule has 0 spiro atoms. The highest BCUT2D eigenvalue weighted by molar-refractivity contribution is 5.81. The van der Waals surface area contributed by atoms with Gasteiger partial charge in [-0.25, -0.2) is 4.70 Å². The minimum atomic E-state index is 0.954. The maximum Gasteiger partial charge on any atom is 0.211 e. The quantitative estimate of drug-likeness (QED) is 0.183. The molecule has 0 saturated carbocycles. The lowest BCUT2D eigenvalue weighted by Crippen LogP contribution is -2.03. The molecule has 2 heteroatoms. The smallest absolute Gasteiger partial charge is 0.211 e. The van der Waals surface area contributed by atoms with Crippen LogP contribution in [-0.2, 0) is 12.8 Å². The first-order valence-corrected chi connectivity index (χ1v) is 14.2. The Hall–Kier alpha value is -2.48. The number of unbranched alkanes of at least 4 members (excludes halogenated alkanes) is 7. The Bertz CT molecular complexity index is 1040. The first kappa shape index (κ1) is 27.1. The molecule has 0 aliphatic carbocycles. The predicted molar refractivity (Wildman–Crippen MR) is 151 cm³/mol. The zero-order valence-electron chi connectivity index (χ0n) is 22.7. The summed E-state index contributed by atoms with van der Waals surface area (Å²) in [4.78, 5) is 0. The number of hydrogen-bond acceptors (Lipinski definition) is 0. The average Bonchev–Trinajstić information content (AvgIpc) is 3.12. The van der Waals surface area contributed by atoms with Crippen molar-refractivity contribution in [3.8, 4) is 0 Å². The molecule has 0 unspecified atom stereocenters. The summed E-state index contributed by atoms with van der Waals surface area (Å²) in [6.45, 7) is 8.95. The monoisotopic (exact) mass is 470 g/mol. The molecule has 0 bridgehead atoms. The molecule has 2 nitrogen and oxygen atoms in total. The van der Waals surface area contributed by atoms with E-state index in [1.807, 2.05) is 0 Å². The number of nitrogens with zero attached hydrogens (tertiary/aromatic N) is 2. The lowest BCUT2D eigenvalue weighted by atomic mass is 9.95. The van der Waals surface area contributed by atoms with E-state index in [2.05, 4.69) is 76.2 Å². The molecule has 0 radical (unpaired) electrons. The van der Waals surface area contributed by atoms with Crippen molar-refractivity contribution in [3.05, 3.63) is 87.5 Å². The van der Waals surface area contributed by atoms with Gasteiger partial charge in [-0.2, -0.15) is 0 Å². The number of benzene rings is 2. The van der Waals surface area contributed by atoms with Crippen LogP contribution in [0.15, 0.2) is 59.7 Å². The molecule has 35 heavy (non-hydrogen) atoms. The van der Waals surface area contributed by atoms with Gasteiger partial charge in [-0.05, 0) is 80.8 Å². The second kappa shape index (κ2) is 14.2. The molecule has 0 atom stereocenters. The summed E-state index contributed by atoms with van der Waals surface area (Å²) in [5, 5.41) is 0. The zero-order valence-corrected chi connectivity index (χ0v) is 22.7. The Labute approximate surface area is 214 Å². The Morgan fingerprint density at radius 1 is 0.600 bits per heavy atom. The van der Waals surface area contributed by atoms with Crippen molar-refractivity contribution in [1.82, 2.24) is 0 Å². The highest BCUT2D eigenvalue weighted by Crippen LogP contribution is 2.42. The molecular weight excluding hydrogens is 424 g/mol. The highest BCUT2D eigenvalue weighted by atomic mass is 15.2. The highest BCUT2D eigenvalue weighted by Gasteiger charge is 2.33. The molecule has 188 valence electrons. The van der Waals surface area contributed by atoms with Crippen molar-refractivity contribution in [3.63, 3.8) is 0 Å². The maximum absolute atomic E-state index is 11.6. The van der Waals surface area contributed by atoms with E-state index < -0.39 is 0 Å². The van der Waals surface area contributed by atoms with Crippen LogP contribution in [0.25, 0.3) is 16.9 Å². The van der Waals surface area contributed by atoms with E-state index in [1.54, 1.807) is 0 Å². The summed E-state index contributed by atoms with van der Waals surface area (Å²) >= 11 is 0. The molecule has 0 fully saturated rings. The second-order valence-electron chi connectivity index (χ2n) is 10.2. The van der Waals surface area contributed by atoms with Gasteiger partial charge < -0.3 is 5.53 Å². The Morgan fingerprint density at radius 2 is 1.11 bits per heavy atom. The Balaban J connectivity index is 1.88. The van der Waals surface area contributed by atoms with Crippen LogP contribution in [0.5, 0.6) is 0 Å². The fourth-order valence-corrected chi connectivity index (χ4v) is 5.27. The topological polar surface area (TPSA) is 25.3 Å². The number of rotatable bonds is 15. The third-order valence-electron chi connectivity index (χ3n) is 7.34. The normalized spacial score (nSPS) is 13.9. The first-order chi connectivity index (χ1) is 17.1. The van der Waals surface area contributed by atoms with Gasteiger partial charge in [0.1, 0.15) is 0 Å². The van der Waals surface area contributed by atoms with Gasteiger partial charge in [-0.3, -0.25) is 0 Å². The van der Waals surface area contributed by atoms with Crippen LogP contribution < -0.4 is 0 Å². The molecule has 2 aromatic carbocycles. The van der Waals surface area contributed by atoms with E-state index in [1.165, 1.54) is 78.3 Å². The first-order valence-electron chi connectivity index (χ1n) is 14.2. The zero-order chi connectivity index (χ0) is 25.0. The molecule has 2 aromatic rings. The van der Waals surface area contributed by atoms with Crippen molar-refractivity contribution >= 4 is 11.4 Å². The van der Waals surface area contributed by atoms with Gasteiger partial charge in [0.2, 0.25) is 11.4 Å². The average molecular weight is 471 g/mol. The van der Waals surface area contributed by atoms with Crippen LogP contribution in [0.4, 0.5) is 0 Å². The van der Waals surface area contributed by atoms with Gasteiger partial charge >= 0.3 is 0 Å². The van der Waals surface area contributed by atoms with Gasteiger partial charge in [-0.15, -0.1) is 0 Å². The van der Waals surface area contributed by atoms with Gasteiger partial charge in [0.05, 0.1) is 0 Å². The molecule has 1 heterocycles. The van der Waals surface area contributed by atoms with Crippen molar-refractivity contribution in [2.75, 3.05) is 0 Å². The Morgan fingerprint density at radius 3 is 1.63 bits per heavy atom. The molecular formula is C33H46N2. The molecule has 3 rings (SSSR count). The van der Waals surface area contributed by atoms with Crippen LogP contribution in [0.3, 0.4) is 0 Å². The van der Waals surface area contributed by atoms with E-state index in [0.29, 0.717) is 0 Å². The second-order valence-corrected chi connectivity index (χ2v) is 10.2. The van der Waals surface area contributed by atoms with Crippen LogP contribution in [0.1, 0.15) is 121 Å². The number of allylic oxidation sites excluding steroid dienone is 2. The lowest BCUT2D eigenvalue weighted by Gasteiger charge is -2.12. The van der Waals surface area contributed by atoms with E-state index in [9.17, 15) is 5.53 Å². The SMILES string of the molecule is CCCCCCc1cccc(C2=C(C)C(CCCC)=C(c3cccc(CCCCCC)c3)[N+]2=[N-])c1. The van der Waals surface area contributed by atoms with Crippen LogP contribution in [-0.4, -0.2) is 4.70 Å². The van der Waals surface area contributed by atoms with Gasteiger partial charge in [0.15, 0.2) is 0 Å². The molecule has 1 aliphatic rings. The number of hydrogen-bond donors (Lipinski definition) is 0. The molecule has 0 amide bonds. The summed E-state index contributed by atoms with van der Waals surface area (Å²) in [7, 11) is 0. The Kier molecular flexibility index (Phi) is 11.0. The largest absolute Gasteiger partial charge is 0.493 e. The minimum absolute atomic E-state index is 0.954. The molecule has 0 aromatic heterocycles. The third-order valence-corrected chi connectivity index (χ3v) is 7.34. The van der Waals surface area contributed by atoms with Crippen molar-refractivity contribution < 1.29 is 4.70 Å². The predicted octanol–water partition coefficient (Wildman–Crippen LogP) is 10.3. The summed E-state index contributed by atoms with van der Waals surface area (Å²) in [6.07, 6.45) is 15.7. The maximum atomic E-state index is 11.6. The van der Waals surface area contributed by atoms with Crippen LogP contribution in [0.2, 0.25) is 0 Å². The van der Waals surface area contributed by atoms with E-state index >= 15 is 0 Å². The summed E-state index contributed by atoms with van der Waals surface area (Å²) < 4.78 is 1.49. The third kappa shape index (κ3) is 7.26. The summed E-state index contributed by atoms with van der Waals surface area (Å²) in [5.41, 5.74) is 21.0. The van der Waals surface area contributed by atoms with Crippen molar-refractivity contribution in [2.24, 2.45) is 0 Å². The van der Waals surface area contributed by atoms with E-state index in [4.69, 9.17) is 0 Å². The molecule has 0 saturated heterocycles. The van der Waals surface area contributed by atoms with Gasteiger partial charge in [-0.1, -0.05) is 90.0 Å². The van der Waals surface area contributed by atoms with Crippen molar-refractivity contribution in [2.45, 2.75) is 111 Å².